The molecule has 0 bridgehead atoms. The summed E-state index contributed by atoms with van der Waals surface area (Å²) < 4.78 is 0. The van der Waals surface area contributed by atoms with Crippen LogP contribution in [0.15, 0.2) is 35.4 Å². The number of anilines is 1. The van der Waals surface area contributed by atoms with Gasteiger partial charge in [0.05, 0.1) is 25.3 Å². The van der Waals surface area contributed by atoms with Gasteiger partial charge >= 0.3 is 0 Å². The summed E-state index contributed by atoms with van der Waals surface area (Å²) in [6, 6.07) is 11.1. The van der Waals surface area contributed by atoms with E-state index >= 15 is 0 Å². The average Bonchev–Trinajstić information content (AvgIpc) is 2.83. The predicted molar refractivity (Wildman–Crippen MR) is 125 cm³/mol. The van der Waals surface area contributed by atoms with Crippen LogP contribution in [0.2, 0.25) is 0 Å². The number of benzene rings is 1. The highest BCUT2D eigenvalue weighted by Gasteiger charge is 2.30. The standard InChI is InChI=1S/C23H24N6O3S/c1-3-16-17(13-24)23(33-20(21(25)32)15-7-5-4-6-8-15)27-22(19(16)26-2)29-10-9-28(11-12-30)18(31)14-29/h4-8,20,30H,3,9-12,14H2,1H3,(H2,25,32). The third kappa shape index (κ3) is 5.08. The van der Waals surface area contributed by atoms with E-state index in [0.29, 0.717) is 41.5 Å². The van der Waals surface area contributed by atoms with Crippen molar-refractivity contribution >= 4 is 35.1 Å². The van der Waals surface area contributed by atoms with Crippen LogP contribution in [0.1, 0.15) is 28.9 Å². The molecule has 1 saturated heterocycles. The summed E-state index contributed by atoms with van der Waals surface area (Å²) in [5.74, 6) is -0.431. The van der Waals surface area contributed by atoms with E-state index in [2.05, 4.69) is 15.9 Å². The summed E-state index contributed by atoms with van der Waals surface area (Å²) in [6.07, 6.45) is 0.411. The maximum atomic E-state index is 12.5. The number of hydrogen-bond acceptors (Lipinski definition) is 7. The predicted octanol–water partition coefficient (Wildman–Crippen LogP) is 2.03. The van der Waals surface area contributed by atoms with Crippen LogP contribution in [-0.2, 0) is 16.0 Å². The Morgan fingerprint density at radius 1 is 1.39 bits per heavy atom. The van der Waals surface area contributed by atoms with Crippen molar-refractivity contribution in [2.45, 2.75) is 23.6 Å². The second-order valence-corrected chi connectivity index (χ2v) is 8.45. The number of hydrogen-bond donors (Lipinski definition) is 2. The first-order chi connectivity index (χ1) is 15.9. The van der Waals surface area contributed by atoms with Crippen LogP contribution >= 0.6 is 11.8 Å². The molecular weight excluding hydrogens is 440 g/mol. The Labute approximate surface area is 196 Å². The Balaban J connectivity index is 2.08. The zero-order valence-electron chi connectivity index (χ0n) is 18.2. The Morgan fingerprint density at radius 2 is 2.12 bits per heavy atom. The van der Waals surface area contributed by atoms with Crippen molar-refractivity contribution in [1.29, 1.82) is 5.26 Å². The van der Waals surface area contributed by atoms with E-state index in [9.17, 15) is 14.9 Å². The van der Waals surface area contributed by atoms with E-state index in [1.165, 1.54) is 0 Å². The van der Waals surface area contributed by atoms with Gasteiger partial charge in [-0.2, -0.15) is 5.26 Å². The highest BCUT2D eigenvalue weighted by Crippen LogP contribution is 2.42. The van der Waals surface area contributed by atoms with Crippen LogP contribution in [0, 0.1) is 17.9 Å². The molecule has 0 aliphatic carbocycles. The molecule has 1 unspecified atom stereocenters. The molecule has 2 amide bonds. The summed E-state index contributed by atoms with van der Waals surface area (Å²) in [5, 5.41) is 18.6. The van der Waals surface area contributed by atoms with Crippen molar-refractivity contribution in [3.05, 3.63) is 58.4 Å². The second kappa shape index (κ2) is 10.8. The van der Waals surface area contributed by atoms with Gasteiger partial charge in [-0.15, -0.1) is 0 Å². The number of pyridine rings is 1. The Morgan fingerprint density at radius 3 is 2.67 bits per heavy atom. The smallest absolute Gasteiger partial charge is 0.242 e. The molecule has 33 heavy (non-hydrogen) atoms. The van der Waals surface area contributed by atoms with Crippen LogP contribution in [0.5, 0.6) is 0 Å². The number of nitrogens with two attached hydrogens (primary N) is 1. The van der Waals surface area contributed by atoms with Gasteiger partial charge in [0.1, 0.15) is 22.2 Å². The monoisotopic (exact) mass is 464 g/mol. The Kier molecular flexibility index (Phi) is 7.88. The number of nitrogens with zero attached hydrogens (tertiary/aromatic N) is 5. The molecule has 0 saturated carbocycles. The van der Waals surface area contributed by atoms with Gasteiger partial charge in [0.2, 0.25) is 17.5 Å². The SMILES string of the molecule is [C-]#[N+]c1c(N2CCN(CCO)C(=O)C2)nc(SC(C(N)=O)c2ccccc2)c(C#N)c1CC. The van der Waals surface area contributed by atoms with Gasteiger partial charge in [-0.25, -0.2) is 9.83 Å². The number of thioether (sulfide) groups is 1. The minimum atomic E-state index is -0.773. The molecular formula is C23H24N6O3S. The lowest BCUT2D eigenvalue weighted by molar-refractivity contribution is -0.131. The lowest BCUT2D eigenvalue weighted by atomic mass is 10.1. The second-order valence-electron chi connectivity index (χ2n) is 7.36. The molecule has 9 nitrogen and oxygen atoms in total. The molecule has 3 rings (SSSR count). The van der Waals surface area contributed by atoms with E-state index < -0.39 is 11.2 Å². The number of β-amino-alcohol motifs (C(OH)–C–C–N with tert-alkyl or cyclic N) is 1. The summed E-state index contributed by atoms with van der Waals surface area (Å²) in [7, 11) is 0. The Hall–Kier alpha value is -3.60. The van der Waals surface area contributed by atoms with E-state index in [1.54, 1.807) is 34.1 Å². The van der Waals surface area contributed by atoms with Crippen LogP contribution in [-0.4, -0.2) is 59.6 Å². The third-order valence-corrected chi connectivity index (χ3v) is 6.64. The fraction of sp³-hybridized carbons (Fsp3) is 0.348. The summed E-state index contributed by atoms with van der Waals surface area (Å²) in [5.41, 5.74) is 7.36. The number of primary amides is 1. The maximum absolute atomic E-state index is 12.5. The van der Waals surface area contributed by atoms with Gasteiger partial charge in [0, 0.05) is 19.6 Å². The van der Waals surface area contributed by atoms with Crippen LogP contribution in [0.25, 0.3) is 4.85 Å². The van der Waals surface area contributed by atoms with Gasteiger partial charge in [0.15, 0.2) is 0 Å². The number of aliphatic hydroxyl groups is 1. The highest BCUT2D eigenvalue weighted by atomic mass is 32.2. The van der Waals surface area contributed by atoms with E-state index in [1.807, 2.05) is 13.0 Å². The molecule has 2 heterocycles. The molecule has 1 aromatic heterocycles. The quantitative estimate of drug-likeness (QED) is 0.452. The van der Waals surface area contributed by atoms with Crippen LogP contribution in [0.4, 0.5) is 11.5 Å². The average molecular weight is 465 g/mol. The topological polar surface area (TPSA) is 128 Å². The van der Waals surface area contributed by atoms with Gasteiger partial charge in [-0.1, -0.05) is 49.0 Å². The first-order valence-electron chi connectivity index (χ1n) is 10.4. The molecule has 10 heteroatoms. The fourth-order valence-electron chi connectivity index (χ4n) is 3.75. The lowest BCUT2D eigenvalue weighted by Gasteiger charge is -2.35. The zero-order chi connectivity index (χ0) is 24.0. The number of piperazine rings is 1. The molecule has 1 aliphatic rings. The van der Waals surface area contributed by atoms with Crippen molar-refractivity contribution in [3.63, 3.8) is 0 Å². The molecule has 0 radical (unpaired) electrons. The summed E-state index contributed by atoms with van der Waals surface area (Å²) >= 11 is 1.07. The number of nitriles is 1. The van der Waals surface area contributed by atoms with E-state index in [-0.39, 0.29) is 36.9 Å². The van der Waals surface area contributed by atoms with Crippen molar-refractivity contribution < 1.29 is 14.7 Å². The summed E-state index contributed by atoms with van der Waals surface area (Å²) in [4.78, 5) is 36.4. The number of carbonyl (C=O) groups is 2. The first kappa shape index (κ1) is 24.1. The van der Waals surface area contributed by atoms with Crippen molar-refractivity contribution in [1.82, 2.24) is 9.88 Å². The first-order valence-corrected chi connectivity index (χ1v) is 11.3. The fourth-order valence-corrected chi connectivity index (χ4v) is 4.81. The Bertz CT molecular complexity index is 1130. The number of carbonyl (C=O) groups excluding carboxylic acids is 2. The van der Waals surface area contributed by atoms with Crippen molar-refractivity contribution in [2.75, 3.05) is 37.7 Å². The molecule has 3 N–H and O–H groups in total. The van der Waals surface area contributed by atoms with Gasteiger partial charge < -0.3 is 20.6 Å². The normalized spacial score (nSPS) is 14.5. The van der Waals surface area contributed by atoms with Crippen LogP contribution in [0.3, 0.4) is 0 Å². The van der Waals surface area contributed by atoms with Crippen LogP contribution < -0.4 is 10.6 Å². The van der Waals surface area contributed by atoms with E-state index in [0.717, 1.165) is 11.8 Å². The number of amides is 2. The lowest BCUT2D eigenvalue weighted by Crippen LogP contribution is -2.51. The third-order valence-electron chi connectivity index (χ3n) is 5.38. The van der Waals surface area contributed by atoms with E-state index in [4.69, 9.17) is 17.4 Å². The van der Waals surface area contributed by atoms with Gasteiger partial charge in [-0.3, -0.25) is 9.59 Å². The molecule has 170 valence electrons. The molecule has 1 aromatic carbocycles. The largest absolute Gasteiger partial charge is 0.395 e. The number of rotatable bonds is 8. The molecule has 1 atom stereocenters. The van der Waals surface area contributed by atoms with Crippen molar-refractivity contribution in [3.8, 4) is 6.07 Å². The number of aromatic nitrogens is 1. The molecule has 1 fully saturated rings. The van der Waals surface area contributed by atoms with Crippen molar-refractivity contribution in [2.24, 2.45) is 5.73 Å². The molecule has 0 spiro atoms. The highest BCUT2D eigenvalue weighted by molar-refractivity contribution is 8.00. The molecule has 1 aliphatic heterocycles. The minimum absolute atomic E-state index is 0.00656. The number of aliphatic hydroxyl groups excluding tert-OH is 1. The summed E-state index contributed by atoms with van der Waals surface area (Å²) in [6.45, 7) is 10.5. The van der Waals surface area contributed by atoms with Gasteiger partial charge in [-0.05, 0) is 17.5 Å². The molecule has 2 aromatic rings. The minimum Gasteiger partial charge on any atom is -0.395 e. The zero-order valence-corrected chi connectivity index (χ0v) is 19.0. The van der Waals surface area contributed by atoms with Gasteiger partial charge in [0.25, 0.3) is 0 Å². The maximum Gasteiger partial charge on any atom is 0.242 e.